The summed E-state index contributed by atoms with van der Waals surface area (Å²) >= 11 is 0. The molecule has 140 valence electrons. The van der Waals surface area contributed by atoms with Crippen LogP contribution >= 0.6 is 0 Å². The Morgan fingerprint density at radius 3 is 2.58 bits per heavy atom. The lowest BCUT2D eigenvalue weighted by molar-refractivity contribution is -0.130. The summed E-state index contributed by atoms with van der Waals surface area (Å²) in [6.07, 6.45) is 1.42. The first-order valence-electron chi connectivity index (χ1n) is 9.11. The fourth-order valence-electron chi connectivity index (χ4n) is 3.36. The molecule has 2 heterocycles. The first kappa shape index (κ1) is 18.5. The summed E-state index contributed by atoms with van der Waals surface area (Å²) in [4.78, 5) is 17.0. The van der Waals surface area contributed by atoms with Gasteiger partial charge in [0.1, 0.15) is 11.5 Å². The molecule has 1 aliphatic heterocycles. The molecule has 0 saturated carbocycles. The zero-order valence-electron chi connectivity index (χ0n) is 15.8. The maximum atomic E-state index is 12.7. The number of hydrogen-bond donors (Lipinski definition) is 0. The van der Waals surface area contributed by atoms with Crippen molar-refractivity contribution in [3.8, 4) is 5.75 Å². The number of aromatic nitrogens is 1. The minimum absolute atomic E-state index is 0.189. The maximum Gasteiger partial charge on any atom is 0.227 e. The van der Waals surface area contributed by atoms with E-state index in [1.54, 1.807) is 7.11 Å². The third-order valence-corrected chi connectivity index (χ3v) is 5.02. The molecule has 0 aliphatic carbocycles. The Kier molecular flexibility index (Phi) is 5.93. The highest BCUT2D eigenvalue weighted by atomic mass is 16.5. The summed E-state index contributed by atoms with van der Waals surface area (Å²) in [7, 11) is 1.64. The van der Waals surface area contributed by atoms with Gasteiger partial charge in [0, 0.05) is 38.3 Å². The highest BCUT2D eigenvalue weighted by Gasteiger charge is 2.21. The minimum Gasteiger partial charge on any atom is -0.497 e. The molecule has 1 aromatic heterocycles. The predicted octanol–water partition coefficient (Wildman–Crippen LogP) is 2.58. The summed E-state index contributed by atoms with van der Waals surface area (Å²) in [5.74, 6) is 1.89. The van der Waals surface area contributed by atoms with Crippen molar-refractivity contribution in [2.24, 2.45) is 0 Å². The molecule has 1 fully saturated rings. The Morgan fingerprint density at radius 2 is 1.92 bits per heavy atom. The van der Waals surface area contributed by atoms with Crippen LogP contribution in [-0.4, -0.2) is 54.2 Å². The second kappa shape index (κ2) is 8.36. The second-order valence-corrected chi connectivity index (χ2v) is 6.84. The lowest BCUT2D eigenvalue weighted by atomic mass is 10.1. The molecule has 0 spiro atoms. The van der Waals surface area contributed by atoms with E-state index < -0.39 is 0 Å². The molecule has 1 saturated heterocycles. The molecule has 2 aromatic rings. The van der Waals surface area contributed by atoms with Crippen molar-refractivity contribution in [1.29, 1.82) is 0 Å². The van der Waals surface area contributed by atoms with Crippen molar-refractivity contribution in [3.05, 3.63) is 46.8 Å². The van der Waals surface area contributed by atoms with E-state index in [0.29, 0.717) is 6.42 Å². The molecule has 6 nitrogen and oxygen atoms in total. The lowest BCUT2D eigenvalue weighted by Crippen LogP contribution is -2.36. The van der Waals surface area contributed by atoms with Crippen LogP contribution in [0, 0.1) is 13.8 Å². The molecular formula is C20H27N3O3. The van der Waals surface area contributed by atoms with Gasteiger partial charge in [-0.25, -0.2) is 0 Å². The average Bonchev–Trinajstić information content (AvgIpc) is 2.85. The fourth-order valence-corrected chi connectivity index (χ4v) is 3.36. The number of rotatable bonds is 5. The van der Waals surface area contributed by atoms with Crippen molar-refractivity contribution in [3.63, 3.8) is 0 Å². The second-order valence-electron chi connectivity index (χ2n) is 6.84. The van der Waals surface area contributed by atoms with Gasteiger partial charge in [0.25, 0.3) is 0 Å². The largest absolute Gasteiger partial charge is 0.497 e. The van der Waals surface area contributed by atoms with Crippen LogP contribution in [0.4, 0.5) is 0 Å². The summed E-state index contributed by atoms with van der Waals surface area (Å²) in [5, 5.41) is 4.03. The number of hydrogen-bond acceptors (Lipinski definition) is 5. The molecular weight excluding hydrogens is 330 g/mol. The topological polar surface area (TPSA) is 58.8 Å². The van der Waals surface area contributed by atoms with Gasteiger partial charge in [0.2, 0.25) is 5.91 Å². The first-order chi connectivity index (χ1) is 12.6. The van der Waals surface area contributed by atoms with Crippen LogP contribution in [-0.2, 0) is 17.8 Å². The Hall–Kier alpha value is -2.34. The van der Waals surface area contributed by atoms with Crippen molar-refractivity contribution >= 4 is 5.91 Å². The summed E-state index contributed by atoms with van der Waals surface area (Å²) < 4.78 is 10.4. The van der Waals surface area contributed by atoms with Gasteiger partial charge in [-0.15, -0.1) is 0 Å². The normalized spacial score (nSPS) is 15.7. The van der Waals surface area contributed by atoms with Gasteiger partial charge in [-0.05, 0) is 38.0 Å². The molecule has 0 N–H and O–H groups in total. The third kappa shape index (κ3) is 4.43. The zero-order valence-corrected chi connectivity index (χ0v) is 15.8. The van der Waals surface area contributed by atoms with E-state index in [1.807, 2.05) is 43.0 Å². The van der Waals surface area contributed by atoms with Gasteiger partial charge in [-0.1, -0.05) is 17.3 Å². The van der Waals surface area contributed by atoms with E-state index in [2.05, 4.69) is 10.1 Å². The highest BCUT2D eigenvalue weighted by Crippen LogP contribution is 2.17. The van der Waals surface area contributed by atoms with Gasteiger partial charge in [-0.3, -0.25) is 9.69 Å². The van der Waals surface area contributed by atoms with Crippen LogP contribution in [0.5, 0.6) is 5.75 Å². The summed E-state index contributed by atoms with van der Waals surface area (Å²) in [6.45, 7) is 8.20. The van der Waals surface area contributed by atoms with Crippen molar-refractivity contribution in [2.45, 2.75) is 33.2 Å². The van der Waals surface area contributed by atoms with Gasteiger partial charge < -0.3 is 14.2 Å². The van der Waals surface area contributed by atoms with Crippen LogP contribution in [0.15, 0.2) is 28.8 Å². The van der Waals surface area contributed by atoms with Crippen molar-refractivity contribution in [2.75, 3.05) is 33.3 Å². The summed E-state index contributed by atoms with van der Waals surface area (Å²) in [6, 6.07) is 7.71. The number of ether oxygens (including phenoxy) is 1. The maximum absolute atomic E-state index is 12.7. The molecule has 1 aliphatic rings. The van der Waals surface area contributed by atoms with Crippen molar-refractivity contribution in [1.82, 2.24) is 15.0 Å². The zero-order chi connectivity index (χ0) is 18.5. The van der Waals surface area contributed by atoms with E-state index in [0.717, 1.165) is 61.9 Å². The molecule has 0 bridgehead atoms. The predicted molar refractivity (Wildman–Crippen MR) is 99.1 cm³/mol. The minimum atomic E-state index is 0.189. The molecule has 6 heteroatoms. The number of amides is 1. The Balaban J connectivity index is 1.54. The lowest BCUT2D eigenvalue weighted by Gasteiger charge is -2.22. The van der Waals surface area contributed by atoms with Crippen molar-refractivity contribution < 1.29 is 14.1 Å². The molecule has 0 unspecified atom stereocenters. The molecule has 26 heavy (non-hydrogen) atoms. The number of nitrogens with zero attached hydrogens (tertiary/aromatic N) is 3. The summed E-state index contributed by atoms with van der Waals surface area (Å²) in [5.41, 5.74) is 3.15. The molecule has 1 amide bonds. The van der Waals surface area contributed by atoms with Crippen LogP contribution in [0.2, 0.25) is 0 Å². The number of benzene rings is 1. The van der Waals surface area contributed by atoms with Crippen LogP contribution in [0.1, 0.15) is 29.0 Å². The third-order valence-electron chi connectivity index (χ3n) is 5.02. The molecule has 0 radical (unpaired) electrons. The number of methoxy groups -OCH3 is 1. The Bertz CT molecular complexity index is 720. The Labute approximate surface area is 154 Å². The smallest absolute Gasteiger partial charge is 0.227 e. The molecule has 1 aromatic carbocycles. The van der Waals surface area contributed by atoms with Gasteiger partial charge in [0.05, 0.1) is 19.2 Å². The monoisotopic (exact) mass is 357 g/mol. The average molecular weight is 357 g/mol. The standard InChI is InChI=1S/C20H27N3O3/c1-15-19(16(2)26-21-15)14-22-9-4-10-23(12-11-22)20(24)13-17-5-7-18(25-3)8-6-17/h5-8H,4,9-14H2,1-3H3. The quantitative estimate of drug-likeness (QED) is 0.823. The SMILES string of the molecule is COc1ccc(CC(=O)N2CCCN(Cc3c(C)noc3C)CC2)cc1. The van der Waals surface area contributed by atoms with E-state index in [-0.39, 0.29) is 5.91 Å². The van der Waals surface area contributed by atoms with Crippen LogP contribution in [0.25, 0.3) is 0 Å². The van der Waals surface area contributed by atoms with Crippen LogP contribution in [0.3, 0.4) is 0 Å². The van der Waals surface area contributed by atoms with Gasteiger partial charge in [0.15, 0.2) is 0 Å². The fraction of sp³-hybridized carbons (Fsp3) is 0.500. The van der Waals surface area contributed by atoms with Crippen LogP contribution < -0.4 is 4.74 Å². The highest BCUT2D eigenvalue weighted by molar-refractivity contribution is 5.78. The van der Waals surface area contributed by atoms with E-state index >= 15 is 0 Å². The van der Waals surface area contributed by atoms with E-state index in [9.17, 15) is 4.79 Å². The Morgan fingerprint density at radius 1 is 1.15 bits per heavy atom. The van der Waals surface area contributed by atoms with E-state index in [1.165, 1.54) is 5.56 Å². The number of aryl methyl sites for hydroxylation is 2. The molecule has 0 atom stereocenters. The van der Waals surface area contributed by atoms with Gasteiger partial charge in [-0.2, -0.15) is 0 Å². The number of carbonyl (C=O) groups is 1. The molecule has 3 rings (SSSR count). The van der Waals surface area contributed by atoms with E-state index in [4.69, 9.17) is 9.26 Å². The first-order valence-corrected chi connectivity index (χ1v) is 9.11. The van der Waals surface area contributed by atoms with Gasteiger partial charge >= 0.3 is 0 Å². The number of carbonyl (C=O) groups excluding carboxylic acids is 1.